The van der Waals surface area contributed by atoms with Gasteiger partial charge < -0.3 is 15.8 Å². The van der Waals surface area contributed by atoms with Gasteiger partial charge >= 0.3 is 6.36 Å². The molecule has 0 saturated carbocycles. The van der Waals surface area contributed by atoms with Crippen LogP contribution in [0, 0.1) is 5.41 Å². The maximum Gasteiger partial charge on any atom is 0.573 e. The zero-order valence-corrected chi connectivity index (χ0v) is 13.3. The first-order chi connectivity index (χ1) is 9.40. The number of nitrogens with two attached hydrogens (primary N) is 1. The molecule has 3 N–H and O–H groups in total. The van der Waals surface area contributed by atoms with Gasteiger partial charge in [0, 0.05) is 5.69 Å². The van der Waals surface area contributed by atoms with Gasteiger partial charge in [0.05, 0.1) is 10.5 Å². The summed E-state index contributed by atoms with van der Waals surface area (Å²) in [5, 5.41) is 2.55. The van der Waals surface area contributed by atoms with Crippen LogP contribution in [0.4, 0.5) is 18.9 Å². The molecule has 0 bridgehead atoms. The maximum atomic E-state index is 12.1. The molecule has 0 fully saturated rings. The summed E-state index contributed by atoms with van der Waals surface area (Å²) in [6.45, 7) is 5.44. The molecule has 1 aromatic rings. The minimum absolute atomic E-state index is 0.0713. The van der Waals surface area contributed by atoms with Crippen LogP contribution in [0.25, 0.3) is 0 Å². The predicted octanol–water partition coefficient (Wildman–Crippen LogP) is 3.66. The van der Waals surface area contributed by atoms with E-state index in [1.54, 1.807) is 0 Å². The van der Waals surface area contributed by atoms with Crippen LogP contribution in [-0.2, 0) is 4.79 Å². The molecule has 1 aromatic carbocycles. The van der Waals surface area contributed by atoms with E-state index in [0.29, 0.717) is 5.69 Å². The fourth-order valence-corrected chi connectivity index (χ4v) is 1.86. The Morgan fingerprint density at radius 2 is 1.90 bits per heavy atom. The zero-order chi connectivity index (χ0) is 16.4. The number of rotatable bonds is 3. The molecule has 0 aliphatic heterocycles. The second-order valence-electron chi connectivity index (χ2n) is 5.53. The van der Waals surface area contributed by atoms with E-state index in [0.717, 1.165) is 6.07 Å². The average Bonchev–Trinajstić information content (AvgIpc) is 2.29. The van der Waals surface area contributed by atoms with Crippen LogP contribution in [0.1, 0.15) is 20.8 Å². The lowest BCUT2D eigenvalue weighted by Gasteiger charge is -2.25. The van der Waals surface area contributed by atoms with E-state index in [1.807, 2.05) is 20.8 Å². The van der Waals surface area contributed by atoms with Crippen LogP contribution in [0.5, 0.6) is 5.75 Å². The number of alkyl halides is 3. The molecular weight excluding hydrogens is 353 g/mol. The summed E-state index contributed by atoms with van der Waals surface area (Å²) >= 11 is 2.96. The molecule has 0 radical (unpaired) electrons. The van der Waals surface area contributed by atoms with Gasteiger partial charge in [-0.2, -0.15) is 0 Å². The summed E-state index contributed by atoms with van der Waals surface area (Å²) < 4.78 is 40.3. The van der Waals surface area contributed by atoms with E-state index in [2.05, 4.69) is 26.0 Å². The van der Waals surface area contributed by atoms with Crippen LogP contribution < -0.4 is 15.8 Å². The normalized spacial score (nSPS) is 13.7. The number of carbonyl (C=O) groups excluding carboxylic acids is 1. The maximum absolute atomic E-state index is 12.1. The van der Waals surface area contributed by atoms with Crippen molar-refractivity contribution in [2.24, 2.45) is 11.1 Å². The minimum Gasteiger partial charge on any atom is -0.405 e. The summed E-state index contributed by atoms with van der Waals surface area (Å²) in [4.78, 5) is 11.9. The molecule has 0 spiro atoms. The second kappa shape index (κ2) is 6.23. The molecule has 118 valence electrons. The number of benzene rings is 1. The number of hydrogen-bond donors (Lipinski definition) is 2. The summed E-state index contributed by atoms with van der Waals surface area (Å²) in [5.41, 5.74) is 5.69. The average molecular weight is 369 g/mol. The van der Waals surface area contributed by atoms with Gasteiger partial charge in [0.1, 0.15) is 5.75 Å². The fourth-order valence-electron chi connectivity index (χ4n) is 1.40. The Bertz CT molecular complexity index is 527. The van der Waals surface area contributed by atoms with Crippen LogP contribution in [0.15, 0.2) is 22.7 Å². The number of amides is 1. The number of hydrogen-bond acceptors (Lipinski definition) is 3. The highest BCUT2D eigenvalue weighted by molar-refractivity contribution is 9.10. The first-order valence-corrected chi connectivity index (χ1v) is 6.81. The monoisotopic (exact) mass is 368 g/mol. The van der Waals surface area contributed by atoms with Crippen molar-refractivity contribution in [2.45, 2.75) is 33.2 Å². The lowest BCUT2D eigenvalue weighted by atomic mass is 9.87. The van der Waals surface area contributed by atoms with E-state index in [1.165, 1.54) is 12.1 Å². The lowest BCUT2D eigenvalue weighted by Crippen LogP contribution is -2.45. The van der Waals surface area contributed by atoms with Crippen molar-refractivity contribution in [1.29, 1.82) is 0 Å². The molecule has 0 aliphatic rings. The van der Waals surface area contributed by atoms with Gasteiger partial charge in [0.15, 0.2) is 0 Å². The molecule has 4 nitrogen and oxygen atoms in total. The molecule has 21 heavy (non-hydrogen) atoms. The van der Waals surface area contributed by atoms with Gasteiger partial charge in [0.2, 0.25) is 5.91 Å². The van der Waals surface area contributed by atoms with Gasteiger partial charge in [-0.1, -0.05) is 20.8 Å². The molecule has 0 saturated heterocycles. The summed E-state index contributed by atoms with van der Waals surface area (Å²) in [6.07, 6.45) is -4.78. The van der Waals surface area contributed by atoms with Crippen LogP contribution in [-0.4, -0.2) is 18.3 Å². The summed E-state index contributed by atoms with van der Waals surface area (Å²) in [5.74, 6) is -0.806. The van der Waals surface area contributed by atoms with Gasteiger partial charge in [-0.3, -0.25) is 4.79 Å². The quantitative estimate of drug-likeness (QED) is 0.855. The summed E-state index contributed by atoms with van der Waals surface area (Å²) in [6, 6.07) is 2.98. The molecule has 1 atom stereocenters. The number of halogens is 4. The smallest absolute Gasteiger partial charge is 0.405 e. The molecule has 1 rings (SSSR count). The largest absolute Gasteiger partial charge is 0.573 e. The fraction of sp³-hybridized carbons (Fsp3) is 0.462. The predicted molar refractivity (Wildman–Crippen MR) is 76.9 cm³/mol. The molecular formula is C13H16BrF3N2O2. The van der Waals surface area contributed by atoms with Crippen LogP contribution >= 0.6 is 15.9 Å². The van der Waals surface area contributed by atoms with Gasteiger partial charge in [0.25, 0.3) is 0 Å². The highest BCUT2D eigenvalue weighted by Gasteiger charge is 2.32. The third-order valence-electron chi connectivity index (χ3n) is 2.64. The molecule has 1 amide bonds. The first-order valence-electron chi connectivity index (χ1n) is 6.02. The molecule has 0 unspecified atom stereocenters. The van der Waals surface area contributed by atoms with Crippen molar-refractivity contribution in [3.8, 4) is 5.75 Å². The van der Waals surface area contributed by atoms with Crippen molar-refractivity contribution in [3.63, 3.8) is 0 Å². The Kier molecular flexibility index (Phi) is 5.27. The number of carbonyl (C=O) groups is 1. The third kappa shape index (κ3) is 5.55. The Hall–Kier alpha value is -1.28. The Balaban J connectivity index is 2.83. The van der Waals surface area contributed by atoms with E-state index in [9.17, 15) is 18.0 Å². The van der Waals surface area contributed by atoms with E-state index >= 15 is 0 Å². The van der Waals surface area contributed by atoms with E-state index in [4.69, 9.17) is 5.73 Å². The molecule has 8 heteroatoms. The van der Waals surface area contributed by atoms with E-state index < -0.39 is 23.7 Å². The van der Waals surface area contributed by atoms with Gasteiger partial charge in [-0.25, -0.2) is 0 Å². The van der Waals surface area contributed by atoms with Crippen molar-refractivity contribution in [2.75, 3.05) is 5.32 Å². The third-order valence-corrected chi connectivity index (χ3v) is 3.26. The van der Waals surface area contributed by atoms with Gasteiger partial charge in [-0.15, -0.1) is 13.2 Å². The Morgan fingerprint density at radius 1 is 1.33 bits per heavy atom. The topological polar surface area (TPSA) is 64.4 Å². The lowest BCUT2D eigenvalue weighted by molar-refractivity contribution is -0.274. The highest BCUT2D eigenvalue weighted by Crippen LogP contribution is 2.32. The number of nitrogens with one attached hydrogen (secondary N) is 1. The van der Waals surface area contributed by atoms with E-state index in [-0.39, 0.29) is 10.2 Å². The molecule has 0 aromatic heterocycles. The standard InChI is InChI=1S/C13H16BrF3N2O2/c1-12(2,3)10(18)11(20)19-7-4-5-9(8(14)6-7)21-13(15,16)17/h4-6,10H,18H2,1-3H3,(H,19,20)/t10-/m0/s1. The van der Waals surface area contributed by atoms with Crippen molar-refractivity contribution < 1.29 is 22.7 Å². The number of ether oxygens (including phenoxy) is 1. The van der Waals surface area contributed by atoms with Crippen LogP contribution in [0.3, 0.4) is 0 Å². The minimum atomic E-state index is -4.78. The summed E-state index contributed by atoms with van der Waals surface area (Å²) in [7, 11) is 0. The zero-order valence-electron chi connectivity index (χ0n) is 11.7. The van der Waals surface area contributed by atoms with Crippen molar-refractivity contribution in [3.05, 3.63) is 22.7 Å². The Labute approximate surface area is 129 Å². The highest BCUT2D eigenvalue weighted by atomic mass is 79.9. The van der Waals surface area contributed by atoms with Crippen molar-refractivity contribution >= 4 is 27.5 Å². The Morgan fingerprint density at radius 3 is 2.33 bits per heavy atom. The molecule has 0 heterocycles. The number of anilines is 1. The second-order valence-corrected chi connectivity index (χ2v) is 6.38. The SMILES string of the molecule is CC(C)(C)[C@@H](N)C(=O)Nc1ccc(OC(F)(F)F)c(Br)c1. The van der Waals surface area contributed by atoms with Gasteiger partial charge in [-0.05, 0) is 39.5 Å². The first kappa shape index (κ1) is 17.8. The molecule has 0 aliphatic carbocycles. The van der Waals surface area contributed by atoms with Crippen molar-refractivity contribution in [1.82, 2.24) is 0 Å². The van der Waals surface area contributed by atoms with Crippen LogP contribution in [0.2, 0.25) is 0 Å².